The topological polar surface area (TPSA) is 27.7 Å². The first-order valence-corrected chi connectivity index (χ1v) is 6.37. The van der Waals surface area contributed by atoms with Crippen molar-refractivity contribution >= 4 is 10.5 Å². The van der Waals surface area contributed by atoms with E-state index in [0.29, 0.717) is 0 Å². The van der Waals surface area contributed by atoms with Crippen LogP contribution < -0.4 is 0 Å². The smallest absolute Gasteiger partial charge is 0.305 e. The number of hydrogen-bond acceptors (Lipinski definition) is 3. The number of hydrogen-bond donors (Lipinski definition) is 0. The van der Waals surface area contributed by atoms with E-state index in [-0.39, 0.29) is 17.8 Å². The van der Waals surface area contributed by atoms with Crippen molar-refractivity contribution in [3.05, 3.63) is 35.4 Å². The minimum Gasteiger partial charge on any atom is -0.367 e. The summed E-state index contributed by atoms with van der Waals surface area (Å²) in [6.07, 6.45) is -0.584. The standard InChI is InChI=1S/C13H17F2O3Si/c1-8(2)16-13(18-19,17-9(3)4)11-6-5-10(14)7-12(11)15/h5-9H,1-4H3. The van der Waals surface area contributed by atoms with Gasteiger partial charge in [0.25, 0.3) is 10.5 Å². The predicted octanol–water partition coefficient (Wildman–Crippen LogP) is 3.03. The highest BCUT2D eigenvalue weighted by Crippen LogP contribution is 2.33. The third-order valence-electron chi connectivity index (χ3n) is 2.18. The van der Waals surface area contributed by atoms with Gasteiger partial charge in [0.1, 0.15) is 11.6 Å². The van der Waals surface area contributed by atoms with Crippen LogP contribution in [-0.2, 0) is 19.9 Å². The second-order valence-electron chi connectivity index (χ2n) is 4.62. The highest BCUT2D eigenvalue weighted by atomic mass is 28.2. The van der Waals surface area contributed by atoms with Gasteiger partial charge in [0, 0.05) is 6.07 Å². The third kappa shape index (κ3) is 4.07. The van der Waals surface area contributed by atoms with E-state index in [0.717, 1.165) is 12.1 Å². The molecule has 6 heteroatoms. The lowest BCUT2D eigenvalue weighted by Crippen LogP contribution is -2.40. The first kappa shape index (κ1) is 16.2. The number of benzene rings is 1. The molecule has 0 amide bonds. The van der Waals surface area contributed by atoms with Crippen LogP contribution in [0.5, 0.6) is 0 Å². The predicted molar refractivity (Wildman–Crippen MR) is 67.3 cm³/mol. The summed E-state index contributed by atoms with van der Waals surface area (Å²) in [7, 11) is 2.86. The van der Waals surface area contributed by atoms with Crippen LogP contribution in [0.1, 0.15) is 33.3 Å². The summed E-state index contributed by atoms with van der Waals surface area (Å²) < 4.78 is 43.1. The maximum Gasteiger partial charge on any atom is 0.305 e. The quantitative estimate of drug-likeness (QED) is 0.594. The molecule has 0 spiro atoms. The number of halogens is 2. The fourth-order valence-corrected chi connectivity index (χ4v) is 1.82. The summed E-state index contributed by atoms with van der Waals surface area (Å²) in [5.41, 5.74) is -0.0358. The van der Waals surface area contributed by atoms with Gasteiger partial charge in [-0.25, -0.2) is 8.78 Å². The minimum absolute atomic E-state index is 0.0358. The fraction of sp³-hybridized carbons (Fsp3) is 0.538. The molecule has 0 fully saturated rings. The number of ether oxygens (including phenoxy) is 2. The molecule has 0 aliphatic carbocycles. The first-order chi connectivity index (χ1) is 8.80. The zero-order valence-electron chi connectivity index (χ0n) is 11.4. The molecule has 0 heterocycles. The fourth-order valence-electron chi connectivity index (χ4n) is 1.62. The summed E-state index contributed by atoms with van der Waals surface area (Å²) in [6, 6.07) is 3.10. The van der Waals surface area contributed by atoms with Crippen LogP contribution in [0.2, 0.25) is 0 Å². The van der Waals surface area contributed by atoms with Crippen LogP contribution >= 0.6 is 0 Å². The van der Waals surface area contributed by atoms with E-state index >= 15 is 0 Å². The highest BCUT2D eigenvalue weighted by Gasteiger charge is 2.39. The van der Waals surface area contributed by atoms with Crippen molar-refractivity contribution in [2.24, 2.45) is 0 Å². The molecule has 0 saturated heterocycles. The van der Waals surface area contributed by atoms with Crippen molar-refractivity contribution in [2.45, 2.75) is 45.9 Å². The Hall–Kier alpha value is -0.823. The Morgan fingerprint density at radius 1 is 1.05 bits per heavy atom. The van der Waals surface area contributed by atoms with Crippen LogP contribution in [0, 0.1) is 11.6 Å². The lowest BCUT2D eigenvalue weighted by molar-refractivity contribution is -0.379. The Balaban J connectivity index is 3.27. The molecule has 0 saturated carbocycles. The summed E-state index contributed by atoms with van der Waals surface area (Å²) >= 11 is 0. The van der Waals surface area contributed by atoms with Crippen molar-refractivity contribution in [1.82, 2.24) is 0 Å². The third-order valence-corrected chi connectivity index (χ3v) is 2.45. The van der Waals surface area contributed by atoms with Crippen LogP contribution in [0.25, 0.3) is 0 Å². The van der Waals surface area contributed by atoms with Gasteiger partial charge in [0.15, 0.2) is 0 Å². The number of rotatable bonds is 6. The lowest BCUT2D eigenvalue weighted by Gasteiger charge is -2.35. The van der Waals surface area contributed by atoms with Gasteiger partial charge in [-0.3, -0.25) is 0 Å². The van der Waals surface area contributed by atoms with Gasteiger partial charge < -0.3 is 13.9 Å². The Labute approximate surface area is 115 Å². The van der Waals surface area contributed by atoms with E-state index in [1.807, 2.05) is 0 Å². The second-order valence-corrected chi connectivity index (χ2v) is 4.82. The average molecular weight is 287 g/mol. The van der Waals surface area contributed by atoms with Crippen molar-refractivity contribution < 1.29 is 22.7 Å². The van der Waals surface area contributed by atoms with E-state index in [2.05, 4.69) is 10.5 Å². The molecule has 19 heavy (non-hydrogen) atoms. The highest BCUT2D eigenvalue weighted by molar-refractivity contribution is 5.98. The Kier molecular flexibility index (Phi) is 5.60. The van der Waals surface area contributed by atoms with Gasteiger partial charge in [-0.05, 0) is 39.8 Å². The molecule has 0 aliphatic heterocycles. The van der Waals surface area contributed by atoms with Gasteiger partial charge in [0.05, 0.1) is 17.8 Å². The normalized spacial score (nSPS) is 12.5. The first-order valence-electron chi connectivity index (χ1n) is 5.96. The maximum atomic E-state index is 13.9. The van der Waals surface area contributed by atoms with E-state index in [9.17, 15) is 8.78 Å². The monoisotopic (exact) mass is 287 g/mol. The van der Waals surface area contributed by atoms with Gasteiger partial charge in [-0.1, -0.05) is 0 Å². The van der Waals surface area contributed by atoms with Crippen LogP contribution in [0.15, 0.2) is 18.2 Å². The summed E-state index contributed by atoms with van der Waals surface area (Å²) in [4.78, 5) is 0. The largest absolute Gasteiger partial charge is 0.367 e. The molecule has 1 aromatic carbocycles. The molecule has 3 radical (unpaired) electrons. The molecule has 0 atom stereocenters. The Morgan fingerprint density at radius 3 is 1.95 bits per heavy atom. The molecule has 0 aliphatic rings. The molecular formula is C13H17F2O3Si. The van der Waals surface area contributed by atoms with Crippen molar-refractivity contribution in [2.75, 3.05) is 0 Å². The van der Waals surface area contributed by atoms with Crippen molar-refractivity contribution in [3.63, 3.8) is 0 Å². The SMILES string of the molecule is CC(C)OC(O[Si])(OC(C)C)c1ccc(F)cc1F. The Bertz CT molecular complexity index is 414. The van der Waals surface area contributed by atoms with Gasteiger partial charge in [-0.15, -0.1) is 0 Å². The van der Waals surface area contributed by atoms with E-state index < -0.39 is 17.6 Å². The van der Waals surface area contributed by atoms with E-state index in [1.54, 1.807) is 27.7 Å². The average Bonchev–Trinajstić information content (AvgIpc) is 2.26. The molecular weight excluding hydrogens is 270 g/mol. The minimum atomic E-state index is -1.77. The Morgan fingerprint density at radius 2 is 1.58 bits per heavy atom. The molecule has 3 nitrogen and oxygen atoms in total. The summed E-state index contributed by atoms with van der Waals surface area (Å²) in [5, 5.41) is 0. The molecule has 1 aromatic rings. The zero-order chi connectivity index (χ0) is 14.6. The van der Waals surface area contributed by atoms with E-state index in [1.165, 1.54) is 6.07 Å². The maximum absolute atomic E-state index is 13.9. The van der Waals surface area contributed by atoms with Crippen molar-refractivity contribution in [1.29, 1.82) is 0 Å². The molecule has 105 valence electrons. The van der Waals surface area contributed by atoms with Gasteiger partial charge >= 0.3 is 5.97 Å². The van der Waals surface area contributed by atoms with Gasteiger partial charge in [0.2, 0.25) is 0 Å². The molecule has 0 N–H and O–H groups in total. The van der Waals surface area contributed by atoms with Crippen LogP contribution in [0.4, 0.5) is 8.78 Å². The second kappa shape index (κ2) is 6.56. The molecule has 0 unspecified atom stereocenters. The van der Waals surface area contributed by atoms with Crippen LogP contribution in [0.3, 0.4) is 0 Å². The molecule has 0 bridgehead atoms. The van der Waals surface area contributed by atoms with Gasteiger partial charge in [-0.2, -0.15) is 0 Å². The summed E-state index contributed by atoms with van der Waals surface area (Å²) in [5.74, 6) is -3.26. The zero-order valence-corrected chi connectivity index (χ0v) is 12.4. The molecule has 1 rings (SSSR count). The van der Waals surface area contributed by atoms with Crippen LogP contribution in [-0.4, -0.2) is 22.7 Å². The lowest BCUT2D eigenvalue weighted by atomic mass is 10.1. The molecule has 0 aromatic heterocycles. The van der Waals surface area contributed by atoms with E-state index in [4.69, 9.17) is 13.9 Å². The summed E-state index contributed by atoms with van der Waals surface area (Å²) in [6.45, 7) is 7.02. The van der Waals surface area contributed by atoms with Crippen molar-refractivity contribution in [3.8, 4) is 0 Å².